The number of aliphatic hydroxyl groups is 1. The third kappa shape index (κ3) is 7.40. The van der Waals surface area contributed by atoms with Gasteiger partial charge < -0.3 is 31.7 Å². The number of anilines is 5. The summed E-state index contributed by atoms with van der Waals surface area (Å²) in [5.74, 6) is -0.575. The highest BCUT2D eigenvalue weighted by Gasteiger charge is 2.17. The van der Waals surface area contributed by atoms with Crippen LogP contribution in [0.1, 0.15) is 30.1 Å². The van der Waals surface area contributed by atoms with Crippen molar-refractivity contribution in [3.05, 3.63) is 88.6 Å². The molecule has 0 aliphatic carbocycles. The number of hydrogen-bond donors (Lipinski definition) is 5. The quantitative estimate of drug-likeness (QED) is 0.191. The summed E-state index contributed by atoms with van der Waals surface area (Å²) >= 11 is 6.45. The Morgan fingerprint density at radius 2 is 1.60 bits per heavy atom. The number of rotatable bonds is 8. The highest BCUT2D eigenvalue weighted by atomic mass is 35.5. The monoisotopic (exact) mass is 560 g/mol. The summed E-state index contributed by atoms with van der Waals surface area (Å²) in [7, 11) is 1.57. The van der Waals surface area contributed by atoms with Crippen LogP contribution in [0, 0.1) is 0 Å². The number of allylic oxidation sites excluding steroid dienone is 1. The van der Waals surface area contributed by atoms with Crippen LogP contribution in [0.3, 0.4) is 0 Å². The van der Waals surface area contributed by atoms with E-state index in [1.165, 1.54) is 6.21 Å². The van der Waals surface area contributed by atoms with Crippen LogP contribution in [0.5, 0.6) is 0 Å². The summed E-state index contributed by atoms with van der Waals surface area (Å²) in [5, 5.41) is 19.0. The maximum Gasteiger partial charge on any atom is 0.258 e. The molecule has 0 saturated carbocycles. The van der Waals surface area contributed by atoms with Crippen LogP contribution in [0.4, 0.5) is 28.4 Å². The molecular formula is C30H33ClN6O3. The predicted molar refractivity (Wildman–Crippen MR) is 163 cm³/mol. The molecule has 40 heavy (non-hydrogen) atoms. The van der Waals surface area contributed by atoms with E-state index in [0.717, 1.165) is 37.3 Å². The molecule has 208 valence electrons. The van der Waals surface area contributed by atoms with Crippen LogP contribution >= 0.6 is 11.6 Å². The summed E-state index contributed by atoms with van der Waals surface area (Å²) in [6.45, 7) is 3.25. The average molecular weight is 561 g/mol. The number of hydrogen-bond acceptors (Lipinski definition) is 7. The lowest BCUT2D eigenvalue weighted by Gasteiger charge is -2.31. The minimum atomic E-state index is -0.376. The number of nitrogens with two attached hydrogens (primary N) is 1. The normalized spacial score (nSPS) is 14.6. The van der Waals surface area contributed by atoms with E-state index in [1.54, 1.807) is 44.3 Å². The molecule has 0 bridgehead atoms. The first-order valence-electron chi connectivity index (χ1n) is 12.9. The largest absolute Gasteiger partial charge is 0.402 e. The van der Waals surface area contributed by atoms with E-state index in [-0.39, 0.29) is 23.5 Å². The first-order chi connectivity index (χ1) is 19.2. The van der Waals surface area contributed by atoms with Crippen LogP contribution in [-0.2, 0) is 4.79 Å². The van der Waals surface area contributed by atoms with Gasteiger partial charge in [-0.3, -0.25) is 14.6 Å². The third-order valence-electron chi connectivity index (χ3n) is 6.54. The number of aliphatic imine (C=N–C) groups is 1. The number of amides is 2. The average Bonchev–Trinajstić information content (AvgIpc) is 2.94. The van der Waals surface area contributed by atoms with Crippen LogP contribution in [0.25, 0.3) is 0 Å². The van der Waals surface area contributed by atoms with Crippen LogP contribution in [0.2, 0.25) is 5.02 Å². The van der Waals surface area contributed by atoms with E-state index in [4.69, 9.17) is 17.3 Å². The molecule has 3 aromatic rings. The molecule has 2 amide bonds. The summed E-state index contributed by atoms with van der Waals surface area (Å²) in [4.78, 5) is 31.3. The van der Waals surface area contributed by atoms with Crippen molar-refractivity contribution in [2.24, 2.45) is 10.7 Å². The van der Waals surface area contributed by atoms with Gasteiger partial charge in [0.15, 0.2) is 0 Å². The molecule has 0 radical (unpaired) electrons. The fraction of sp³-hybridized carbons (Fsp3) is 0.233. The molecular weight excluding hydrogens is 528 g/mol. The molecule has 1 fully saturated rings. The molecule has 6 N–H and O–H groups in total. The third-order valence-corrected chi connectivity index (χ3v) is 6.85. The van der Waals surface area contributed by atoms with Gasteiger partial charge in [-0.05, 0) is 86.5 Å². The topological polar surface area (TPSA) is 132 Å². The molecule has 4 rings (SSSR count). The van der Waals surface area contributed by atoms with Crippen molar-refractivity contribution in [2.75, 3.05) is 41.0 Å². The number of carbonyl (C=O) groups excluding carboxylic acids is 2. The minimum absolute atomic E-state index is 0.199. The second kappa shape index (κ2) is 13.1. The van der Waals surface area contributed by atoms with E-state index in [9.17, 15) is 14.7 Å². The summed E-state index contributed by atoms with van der Waals surface area (Å²) in [6, 6.07) is 19.9. The summed E-state index contributed by atoms with van der Waals surface area (Å²) < 4.78 is 0. The zero-order chi connectivity index (χ0) is 28.6. The lowest BCUT2D eigenvalue weighted by Crippen LogP contribution is -2.35. The second-order valence-corrected chi connectivity index (χ2v) is 9.96. The Balaban J connectivity index is 1.33. The van der Waals surface area contributed by atoms with Gasteiger partial charge in [0.25, 0.3) is 11.8 Å². The first-order valence-corrected chi connectivity index (χ1v) is 13.3. The van der Waals surface area contributed by atoms with Crippen molar-refractivity contribution in [1.29, 1.82) is 0 Å². The highest BCUT2D eigenvalue weighted by molar-refractivity contribution is 6.33. The number of piperidine rings is 1. The van der Waals surface area contributed by atoms with Gasteiger partial charge >= 0.3 is 0 Å². The standard InChI is InChI=1S/C30H33ClN6O3/c1-19(32)26(18-33-2)30(40)36-23-9-12-28(27(31)17-23)34-21-5-7-22(8-6-21)35-29(39)20-3-10-24(11-4-20)37-15-13-25(38)14-16-37/h3-12,17-18,25,34,38H,13-16,32H2,1-2H3,(H,35,39)(H,36,40). The van der Waals surface area contributed by atoms with Gasteiger partial charge in [-0.25, -0.2) is 0 Å². The number of nitrogens with one attached hydrogen (secondary N) is 3. The lowest BCUT2D eigenvalue weighted by atomic mass is 10.1. The van der Waals surface area contributed by atoms with E-state index >= 15 is 0 Å². The fourth-order valence-electron chi connectivity index (χ4n) is 4.30. The predicted octanol–water partition coefficient (Wildman–Crippen LogP) is 5.17. The van der Waals surface area contributed by atoms with Gasteiger partial charge in [0, 0.05) is 60.4 Å². The summed E-state index contributed by atoms with van der Waals surface area (Å²) in [6.07, 6.45) is 2.70. The number of aliphatic hydroxyl groups excluding tert-OH is 1. The van der Waals surface area contributed by atoms with Crippen molar-refractivity contribution in [2.45, 2.75) is 25.9 Å². The van der Waals surface area contributed by atoms with Crippen molar-refractivity contribution in [3.8, 4) is 0 Å². The second-order valence-electron chi connectivity index (χ2n) is 9.55. The van der Waals surface area contributed by atoms with Crippen LogP contribution in [0.15, 0.2) is 83.0 Å². The molecule has 0 aromatic heterocycles. The van der Waals surface area contributed by atoms with E-state index < -0.39 is 0 Å². The number of benzene rings is 3. The van der Waals surface area contributed by atoms with E-state index in [1.807, 2.05) is 36.4 Å². The Morgan fingerprint density at radius 3 is 2.20 bits per heavy atom. The molecule has 1 saturated heterocycles. The van der Waals surface area contributed by atoms with Crippen molar-refractivity contribution in [3.63, 3.8) is 0 Å². The molecule has 9 nitrogen and oxygen atoms in total. The highest BCUT2D eigenvalue weighted by Crippen LogP contribution is 2.29. The SMILES string of the molecule is CN=CC(C(=O)Nc1ccc(Nc2ccc(NC(=O)c3ccc(N4CCC(O)CC4)cc3)cc2)c(Cl)c1)=C(C)N. The Hall–Kier alpha value is -4.34. The molecule has 0 unspecified atom stereocenters. The van der Waals surface area contributed by atoms with Gasteiger partial charge in [-0.1, -0.05) is 11.6 Å². The molecule has 1 aliphatic heterocycles. The zero-order valence-corrected chi connectivity index (χ0v) is 23.2. The van der Waals surface area contributed by atoms with E-state index in [2.05, 4.69) is 25.8 Å². The van der Waals surface area contributed by atoms with Gasteiger partial charge in [-0.2, -0.15) is 0 Å². The Bertz CT molecular complexity index is 1410. The van der Waals surface area contributed by atoms with Crippen molar-refractivity contribution in [1.82, 2.24) is 0 Å². The Morgan fingerprint density at radius 1 is 0.975 bits per heavy atom. The van der Waals surface area contributed by atoms with Gasteiger partial charge in [0.1, 0.15) is 0 Å². The fourth-order valence-corrected chi connectivity index (χ4v) is 4.53. The first kappa shape index (κ1) is 28.7. The molecule has 1 aliphatic rings. The molecule has 1 heterocycles. The van der Waals surface area contributed by atoms with Crippen LogP contribution < -0.4 is 26.6 Å². The number of halogens is 1. The zero-order valence-electron chi connectivity index (χ0n) is 22.4. The van der Waals surface area contributed by atoms with Crippen molar-refractivity contribution >= 4 is 58.1 Å². The molecule has 3 aromatic carbocycles. The Labute approximate surface area is 238 Å². The molecule has 10 heteroatoms. The lowest BCUT2D eigenvalue weighted by molar-refractivity contribution is -0.112. The molecule has 0 spiro atoms. The van der Waals surface area contributed by atoms with Gasteiger partial charge in [0.2, 0.25) is 0 Å². The van der Waals surface area contributed by atoms with E-state index in [0.29, 0.717) is 33.3 Å². The minimum Gasteiger partial charge on any atom is -0.402 e. The number of carbonyl (C=O) groups is 2. The van der Waals surface area contributed by atoms with Gasteiger partial charge in [0.05, 0.1) is 22.4 Å². The maximum atomic E-state index is 12.8. The van der Waals surface area contributed by atoms with Crippen LogP contribution in [-0.4, -0.2) is 49.4 Å². The Kier molecular flexibility index (Phi) is 9.42. The molecule has 0 atom stereocenters. The number of nitrogens with zero attached hydrogens (tertiary/aromatic N) is 2. The smallest absolute Gasteiger partial charge is 0.258 e. The maximum absolute atomic E-state index is 12.8. The summed E-state index contributed by atoms with van der Waals surface area (Å²) in [5.41, 5.74) is 10.6. The van der Waals surface area contributed by atoms with Gasteiger partial charge in [-0.15, -0.1) is 0 Å². The van der Waals surface area contributed by atoms with Crippen molar-refractivity contribution < 1.29 is 14.7 Å².